The van der Waals surface area contributed by atoms with E-state index in [4.69, 9.17) is 26.7 Å². The largest absolute Gasteiger partial charge is 0.456 e. The van der Waals surface area contributed by atoms with Gasteiger partial charge in [-0.3, -0.25) is 10.8 Å². The molecule has 1 heterocycles. The quantitative estimate of drug-likeness (QED) is 0.436. The molecule has 0 aliphatic heterocycles. The molecule has 5 heteroatoms. The van der Waals surface area contributed by atoms with Crippen molar-refractivity contribution in [3.63, 3.8) is 0 Å². The molecule has 0 spiro atoms. The Morgan fingerprint density at radius 3 is 2.05 bits per heavy atom. The lowest BCUT2D eigenvalue weighted by Crippen LogP contribution is -2.10. The first-order valence-corrected chi connectivity index (χ1v) is 6.37. The Labute approximate surface area is 121 Å². The molecule has 3 aromatic rings. The number of rotatable bonds is 3. The third kappa shape index (κ3) is 2.36. The van der Waals surface area contributed by atoms with E-state index in [0.29, 0.717) is 16.7 Å². The molecule has 0 bridgehead atoms. The lowest BCUT2D eigenvalue weighted by molar-refractivity contribution is 0.631. The zero-order valence-electron chi connectivity index (χ0n) is 11.2. The fourth-order valence-electron chi connectivity index (χ4n) is 2.16. The number of hydrogen-bond acceptors (Lipinski definition) is 3. The van der Waals surface area contributed by atoms with Crippen molar-refractivity contribution in [2.24, 2.45) is 11.5 Å². The van der Waals surface area contributed by atoms with Gasteiger partial charge in [-0.15, -0.1) is 0 Å². The van der Waals surface area contributed by atoms with Crippen LogP contribution >= 0.6 is 0 Å². The van der Waals surface area contributed by atoms with E-state index in [1.807, 2.05) is 24.3 Å². The normalized spacial score (nSPS) is 10.7. The highest BCUT2D eigenvalue weighted by Crippen LogP contribution is 2.28. The average molecular weight is 278 g/mol. The first-order valence-electron chi connectivity index (χ1n) is 6.37. The van der Waals surface area contributed by atoms with Gasteiger partial charge in [-0.05, 0) is 12.1 Å². The number of fused-ring (bicyclic) bond motifs is 1. The number of amidine groups is 2. The number of hydrogen-bond donors (Lipinski definition) is 4. The Morgan fingerprint density at radius 1 is 0.810 bits per heavy atom. The van der Waals surface area contributed by atoms with E-state index in [9.17, 15) is 0 Å². The lowest BCUT2D eigenvalue weighted by Gasteiger charge is -2.00. The van der Waals surface area contributed by atoms with Crippen LogP contribution in [0.3, 0.4) is 0 Å². The minimum atomic E-state index is 0.0145. The van der Waals surface area contributed by atoms with Crippen molar-refractivity contribution in [1.29, 1.82) is 10.8 Å². The van der Waals surface area contributed by atoms with Crippen LogP contribution in [0, 0.1) is 10.8 Å². The number of nitrogens with two attached hydrogens (primary N) is 2. The second kappa shape index (κ2) is 4.79. The molecule has 0 unspecified atom stereocenters. The van der Waals surface area contributed by atoms with E-state index >= 15 is 0 Å². The van der Waals surface area contributed by atoms with Crippen molar-refractivity contribution in [3.8, 4) is 11.3 Å². The Kier molecular flexibility index (Phi) is 2.95. The van der Waals surface area contributed by atoms with Crippen LogP contribution in [0.1, 0.15) is 11.1 Å². The van der Waals surface area contributed by atoms with Gasteiger partial charge in [0.2, 0.25) is 0 Å². The van der Waals surface area contributed by atoms with Gasteiger partial charge in [-0.1, -0.05) is 36.4 Å². The Balaban J connectivity index is 2.04. The van der Waals surface area contributed by atoms with Crippen LogP contribution in [0.5, 0.6) is 0 Å². The maximum Gasteiger partial charge on any atom is 0.135 e. The maximum atomic E-state index is 7.45. The standard InChI is InChI=1S/C16H14N4O/c17-15(18)10-3-1-9(2-4-10)13-7-11-5-6-12(16(19)20)8-14(11)21-13/h1-8H,(H3,17,18)(H3,19,20). The smallest absolute Gasteiger partial charge is 0.135 e. The van der Waals surface area contributed by atoms with E-state index < -0.39 is 0 Å². The molecule has 0 atom stereocenters. The van der Waals surface area contributed by atoms with Gasteiger partial charge < -0.3 is 15.9 Å². The van der Waals surface area contributed by atoms with Crippen LogP contribution in [-0.4, -0.2) is 11.7 Å². The summed E-state index contributed by atoms with van der Waals surface area (Å²) in [5.74, 6) is 0.777. The summed E-state index contributed by atoms with van der Waals surface area (Å²) >= 11 is 0. The molecular weight excluding hydrogens is 264 g/mol. The summed E-state index contributed by atoms with van der Waals surface area (Å²) in [4.78, 5) is 0. The topological polar surface area (TPSA) is 113 Å². The average Bonchev–Trinajstić information content (AvgIpc) is 2.90. The van der Waals surface area contributed by atoms with Gasteiger partial charge in [-0.25, -0.2) is 0 Å². The van der Waals surface area contributed by atoms with E-state index in [-0.39, 0.29) is 11.7 Å². The SMILES string of the molecule is N=C(N)c1ccc(-c2cc3ccc(C(=N)N)cc3o2)cc1. The Hall–Kier alpha value is -3.08. The van der Waals surface area contributed by atoms with Gasteiger partial charge in [0, 0.05) is 22.1 Å². The van der Waals surface area contributed by atoms with Crippen molar-refractivity contribution in [2.45, 2.75) is 0 Å². The molecule has 3 rings (SSSR count). The number of furan rings is 1. The van der Waals surface area contributed by atoms with E-state index in [0.717, 1.165) is 16.7 Å². The summed E-state index contributed by atoms with van der Waals surface area (Å²) in [7, 11) is 0. The van der Waals surface area contributed by atoms with Crippen LogP contribution in [0.2, 0.25) is 0 Å². The van der Waals surface area contributed by atoms with Gasteiger partial charge in [0.15, 0.2) is 0 Å². The summed E-state index contributed by atoms with van der Waals surface area (Å²) in [6.07, 6.45) is 0. The molecule has 0 aliphatic carbocycles. The van der Waals surface area contributed by atoms with Crippen LogP contribution in [0.25, 0.3) is 22.3 Å². The summed E-state index contributed by atoms with van der Waals surface area (Å²) in [6, 6.07) is 14.7. The fourth-order valence-corrected chi connectivity index (χ4v) is 2.16. The predicted molar refractivity (Wildman–Crippen MR) is 83.7 cm³/mol. The van der Waals surface area contributed by atoms with E-state index in [1.165, 1.54) is 0 Å². The van der Waals surface area contributed by atoms with E-state index in [2.05, 4.69) is 0 Å². The molecule has 0 radical (unpaired) electrons. The minimum Gasteiger partial charge on any atom is -0.456 e. The lowest BCUT2D eigenvalue weighted by atomic mass is 10.1. The molecule has 0 amide bonds. The molecule has 0 saturated carbocycles. The summed E-state index contributed by atoms with van der Waals surface area (Å²) in [6.45, 7) is 0. The van der Waals surface area contributed by atoms with E-state index in [1.54, 1.807) is 24.3 Å². The zero-order chi connectivity index (χ0) is 15.0. The van der Waals surface area contributed by atoms with Gasteiger partial charge in [0.25, 0.3) is 0 Å². The molecule has 1 aromatic heterocycles. The highest BCUT2D eigenvalue weighted by Gasteiger charge is 2.08. The van der Waals surface area contributed by atoms with Crippen LogP contribution in [0.4, 0.5) is 0 Å². The van der Waals surface area contributed by atoms with Crippen LogP contribution < -0.4 is 11.5 Å². The zero-order valence-corrected chi connectivity index (χ0v) is 11.2. The summed E-state index contributed by atoms with van der Waals surface area (Å²) < 4.78 is 5.81. The Morgan fingerprint density at radius 2 is 1.43 bits per heavy atom. The molecule has 104 valence electrons. The van der Waals surface area contributed by atoms with Gasteiger partial charge in [0.1, 0.15) is 23.0 Å². The minimum absolute atomic E-state index is 0.0145. The second-order valence-corrected chi connectivity index (χ2v) is 4.77. The first-order chi connectivity index (χ1) is 10.0. The van der Waals surface area contributed by atoms with Crippen molar-refractivity contribution in [3.05, 3.63) is 59.7 Å². The third-order valence-corrected chi connectivity index (χ3v) is 3.31. The number of benzene rings is 2. The van der Waals surface area contributed by atoms with Crippen molar-refractivity contribution in [1.82, 2.24) is 0 Å². The van der Waals surface area contributed by atoms with Crippen molar-refractivity contribution in [2.75, 3.05) is 0 Å². The molecule has 0 saturated heterocycles. The first kappa shape index (κ1) is 12.9. The highest BCUT2D eigenvalue weighted by molar-refractivity contribution is 5.99. The maximum absolute atomic E-state index is 7.45. The molecule has 0 aliphatic rings. The molecule has 0 fully saturated rings. The Bertz CT molecular complexity index is 846. The van der Waals surface area contributed by atoms with Crippen LogP contribution in [-0.2, 0) is 0 Å². The number of nitrogen functional groups attached to an aromatic ring is 2. The van der Waals surface area contributed by atoms with Gasteiger partial charge in [0.05, 0.1) is 0 Å². The second-order valence-electron chi connectivity index (χ2n) is 4.77. The molecule has 2 aromatic carbocycles. The van der Waals surface area contributed by atoms with Gasteiger partial charge >= 0.3 is 0 Å². The molecule has 6 N–H and O–H groups in total. The van der Waals surface area contributed by atoms with Gasteiger partial charge in [-0.2, -0.15) is 0 Å². The monoisotopic (exact) mass is 278 g/mol. The molecule has 5 nitrogen and oxygen atoms in total. The number of nitrogens with one attached hydrogen (secondary N) is 2. The van der Waals surface area contributed by atoms with Crippen molar-refractivity contribution < 1.29 is 4.42 Å². The predicted octanol–water partition coefficient (Wildman–Crippen LogP) is 2.67. The summed E-state index contributed by atoms with van der Waals surface area (Å²) in [5.41, 5.74) is 13.8. The summed E-state index contributed by atoms with van der Waals surface area (Å²) in [5, 5.41) is 15.8. The third-order valence-electron chi connectivity index (χ3n) is 3.31. The van der Waals surface area contributed by atoms with Crippen LogP contribution in [0.15, 0.2) is 52.9 Å². The van der Waals surface area contributed by atoms with Crippen molar-refractivity contribution >= 4 is 22.6 Å². The molecular formula is C16H14N4O. The molecule has 21 heavy (non-hydrogen) atoms. The fraction of sp³-hybridized carbons (Fsp3) is 0. The highest BCUT2D eigenvalue weighted by atomic mass is 16.3.